The van der Waals surface area contributed by atoms with Crippen molar-refractivity contribution in [2.75, 3.05) is 6.54 Å². The molecule has 2 aromatic heterocycles. The van der Waals surface area contributed by atoms with Gasteiger partial charge in [-0.3, -0.25) is 4.98 Å². The monoisotopic (exact) mass is 359 g/mol. The lowest BCUT2D eigenvalue weighted by Gasteiger charge is -2.06. The molecular weight excluding hydrogens is 342 g/mol. The molecule has 1 N–H and O–H groups in total. The van der Waals surface area contributed by atoms with E-state index in [1.807, 2.05) is 24.4 Å². The Labute approximate surface area is 145 Å². The third kappa shape index (κ3) is 4.05. The van der Waals surface area contributed by atoms with Crippen LogP contribution in [-0.2, 0) is 16.4 Å². The normalized spacial score (nSPS) is 11.5. The van der Waals surface area contributed by atoms with E-state index in [-0.39, 0.29) is 4.90 Å². The summed E-state index contributed by atoms with van der Waals surface area (Å²) in [4.78, 5) is 8.89. The van der Waals surface area contributed by atoms with Gasteiger partial charge in [0.2, 0.25) is 10.0 Å². The molecule has 5 nitrogen and oxygen atoms in total. The second-order valence-electron chi connectivity index (χ2n) is 5.35. The van der Waals surface area contributed by atoms with Gasteiger partial charge in [0.05, 0.1) is 10.6 Å². The van der Waals surface area contributed by atoms with Crippen molar-refractivity contribution in [1.82, 2.24) is 14.7 Å². The molecular formula is C17H17N3O2S2. The first-order valence-corrected chi connectivity index (χ1v) is 9.82. The quantitative estimate of drug-likeness (QED) is 0.734. The maximum atomic E-state index is 12.2. The fourth-order valence-corrected chi connectivity index (χ4v) is 4.03. The molecule has 0 aliphatic rings. The molecule has 1 aromatic carbocycles. The minimum Gasteiger partial charge on any atom is -0.264 e. The smallest absolute Gasteiger partial charge is 0.240 e. The Hall–Kier alpha value is -2.09. The minimum atomic E-state index is -3.48. The predicted molar refractivity (Wildman–Crippen MR) is 95.4 cm³/mol. The van der Waals surface area contributed by atoms with Gasteiger partial charge < -0.3 is 0 Å². The van der Waals surface area contributed by atoms with Crippen LogP contribution >= 0.6 is 11.3 Å². The third-order valence-electron chi connectivity index (χ3n) is 3.46. The third-order valence-corrected chi connectivity index (χ3v) is 5.88. The van der Waals surface area contributed by atoms with Crippen molar-refractivity contribution in [1.29, 1.82) is 0 Å². The van der Waals surface area contributed by atoms with Gasteiger partial charge in [0, 0.05) is 36.3 Å². The van der Waals surface area contributed by atoms with Gasteiger partial charge in [0.25, 0.3) is 0 Å². The number of sulfonamides is 1. The lowest BCUT2D eigenvalue weighted by molar-refractivity contribution is 0.581. The molecule has 24 heavy (non-hydrogen) atoms. The van der Waals surface area contributed by atoms with E-state index in [1.165, 1.54) is 11.3 Å². The van der Waals surface area contributed by atoms with Crippen LogP contribution in [0.2, 0.25) is 0 Å². The first kappa shape index (κ1) is 16.8. The number of benzene rings is 1. The van der Waals surface area contributed by atoms with Gasteiger partial charge in [0.15, 0.2) is 0 Å². The SMILES string of the molecule is Cc1ccc(S(=O)(=O)NCCc2csc(-c3cccnc3)n2)cc1. The summed E-state index contributed by atoms with van der Waals surface area (Å²) in [6, 6.07) is 10.6. The van der Waals surface area contributed by atoms with Gasteiger partial charge in [-0.15, -0.1) is 11.3 Å². The topological polar surface area (TPSA) is 72.0 Å². The molecule has 0 aliphatic carbocycles. The maximum Gasteiger partial charge on any atom is 0.240 e. The Morgan fingerprint density at radius 2 is 1.96 bits per heavy atom. The molecule has 3 rings (SSSR count). The number of nitrogens with zero attached hydrogens (tertiary/aromatic N) is 2. The molecule has 0 aliphatic heterocycles. The number of rotatable bonds is 6. The lowest BCUT2D eigenvalue weighted by Crippen LogP contribution is -2.26. The van der Waals surface area contributed by atoms with E-state index in [0.717, 1.165) is 21.8 Å². The molecule has 0 bridgehead atoms. The Morgan fingerprint density at radius 1 is 1.17 bits per heavy atom. The Bertz CT molecular complexity index is 905. The molecule has 0 fully saturated rings. The van der Waals surface area contributed by atoms with Gasteiger partial charge in [0.1, 0.15) is 5.01 Å². The fourth-order valence-electron chi connectivity index (χ4n) is 2.16. The first-order valence-electron chi connectivity index (χ1n) is 7.46. The van der Waals surface area contributed by atoms with Crippen molar-refractivity contribution in [3.05, 3.63) is 65.4 Å². The maximum absolute atomic E-state index is 12.2. The highest BCUT2D eigenvalue weighted by Gasteiger charge is 2.13. The fraction of sp³-hybridized carbons (Fsp3) is 0.176. The Balaban J connectivity index is 1.60. The zero-order chi connectivity index (χ0) is 17.0. The van der Waals surface area contributed by atoms with Gasteiger partial charge in [-0.1, -0.05) is 17.7 Å². The molecule has 0 unspecified atom stereocenters. The van der Waals surface area contributed by atoms with Crippen molar-refractivity contribution in [2.45, 2.75) is 18.2 Å². The molecule has 3 aromatic rings. The molecule has 0 spiro atoms. The molecule has 0 saturated carbocycles. The van der Waals surface area contributed by atoms with E-state index in [1.54, 1.807) is 36.7 Å². The van der Waals surface area contributed by atoms with Gasteiger partial charge in [-0.05, 0) is 31.2 Å². The number of aryl methyl sites for hydroxylation is 1. The van der Waals surface area contributed by atoms with Crippen LogP contribution in [0.15, 0.2) is 59.1 Å². The average molecular weight is 359 g/mol. The predicted octanol–water partition coefficient (Wildman–Crippen LogP) is 3.03. The van der Waals surface area contributed by atoms with Gasteiger partial charge >= 0.3 is 0 Å². The summed E-state index contributed by atoms with van der Waals surface area (Å²) >= 11 is 1.53. The summed E-state index contributed by atoms with van der Waals surface area (Å²) in [5, 5.41) is 2.84. The minimum absolute atomic E-state index is 0.280. The van der Waals surface area contributed by atoms with E-state index >= 15 is 0 Å². The molecule has 7 heteroatoms. The van der Waals surface area contributed by atoms with Gasteiger partial charge in [-0.25, -0.2) is 18.1 Å². The molecule has 0 radical (unpaired) electrons. The lowest BCUT2D eigenvalue weighted by atomic mass is 10.2. The average Bonchev–Trinajstić information content (AvgIpc) is 3.05. The highest BCUT2D eigenvalue weighted by atomic mass is 32.2. The summed E-state index contributed by atoms with van der Waals surface area (Å²) in [5.41, 5.74) is 2.86. The number of thiazole rings is 1. The second-order valence-corrected chi connectivity index (χ2v) is 7.97. The molecule has 2 heterocycles. The van der Waals surface area contributed by atoms with Crippen LogP contribution < -0.4 is 4.72 Å². The molecule has 0 saturated heterocycles. The summed E-state index contributed by atoms with van der Waals surface area (Å²) in [6.45, 7) is 2.23. The van der Waals surface area contributed by atoms with Gasteiger partial charge in [-0.2, -0.15) is 0 Å². The molecule has 0 atom stereocenters. The Kier molecular flexibility index (Phi) is 5.03. The summed E-state index contributed by atoms with van der Waals surface area (Å²) in [5.74, 6) is 0. The van der Waals surface area contributed by atoms with Crippen molar-refractivity contribution in [2.24, 2.45) is 0 Å². The summed E-state index contributed by atoms with van der Waals surface area (Å²) in [7, 11) is -3.48. The number of pyridine rings is 1. The summed E-state index contributed by atoms with van der Waals surface area (Å²) < 4.78 is 27.1. The number of aromatic nitrogens is 2. The standard InChI is InChI=1S/C17H17N3O2S2/c1-13-4-6-16(7-5-13)24(21,22)19-10-8-15-12-23-17(20-15)14-3-2-9-18-11-14/h2-7,9,11-12,19H,8,10H2,1H3. The first-order chi connectivity index (χ1) is 11.5. The van der Waals surface area contributed by atoms with Crippen molar-refractivity contribution in [3.63, 3.8) is 0 Å². The van der Waals surface area contributed by atoms with E-state index in [0.29, 0.717) is 13.0 Å². The van der Waals surface area contributed by atoms with Crippen molar-refractivity contribution >= 4 is 21.4 Å². The summed E-state index contributed by atoms with van der Waals surface area (Å²) in [6.07, 6.45) is 4.03. The molecule has 124 valence electrons. The van der Waals surface area contributed by atoms with E-state index in [2.05, 4.69) is 14.7 Å². The highest BCUT2D eigenvalue weighted by molar-refractivity contribution is 7.89. The molecule has 0 amide bonds. The number of nitrogens with one attached hydrogen (secondary N) is 1. The number of hydrogen-bond acceptors (Lipinski definition) is 5. The van der Waals surface area contributed by atoms with Crippen LogP contribution in [0.5, 0.6) is 0 Å². The van der Waals surface area contributed by atoms with E-state index in [4.69, 9.17) is 0 Å². The zero-order valence-electron chi connectivity index (χ0n) is 13.1. The highest BCUT2D eigenvalue weighted by Crippen LogP contribution is 2.22. The van der Waals surface area contributed by atoms with Crippen LogP contribution in [0.25, 0.3) is 10.6 Å². The van der Waals surface area contributed by atoms with Crippen LogP contribution in [0.4, 0.5) is 0 Å². The zero-order valence-corrected chi connectivity index (χ0v) is 14.8. The van der Waals surface area contributed by atoms with Crippen molar-refractivity contribution in [3.8, 4) is 10.6 Å². The van der Waals surface area contributed by atoms with E-state index in [9.17, 15) is 8.42 Å². The largest absolute Gasteiger partial charge is 0.264 e. The van der Waals surface area contributed by atoms with Crippen LogP contribution in [0.1, 0.15) is 11.3 Å². The van der Waals surface area contributed by atoms with Crippen LogP contribution in [0.3, 0.4) is 0 Å². The van der Waals surface area contributed by atoms with E-state index < -0.39 is 10.0 Å². The van der Waals surface area contributed by atoms with Crippen molar-refractivity contribution < 1.29 is 8.42 Å². The van der Waals surface area contributed by atoms with Crippen LogP contribution in [-0.4, -0.2) is 24.9 Å². The second kappa shape index (κ2) is 7.21. The number of hydrogen-bond donors (Lipinski definition) is 1. The Morgan fingerprint density at radius 3 is 2.67 bits per heavy atom. The van der Waals surface area contributed by atoms with Crippen LogP contribution in [0, 0.1) is 6.92 Å².